The van der Waals surface area contributed by atoms with Crippen molar-refractivity contribution in [3.05, 3.63) is 29.3 Å². The first-order valence-corrected chi connectivity index (χ1v) is 9.79. The Morgan fingerprint density at radius 1 is 1.19 bits per heavy atom. The van der Waals surface area contributed by atoms with Crippen molar-refractivity contribution < 1.29 is 19.1 Å². The second kappa shape index (κ2) is 7.94. The summed E-state index contributed by atoms with van der Waals surface area (Å²) in [6, 6.07) is 7.26. The van der Waals surface area contributed by atoms with E-state index < -0.39 is 0 Å². The number of piperidine rings is 1. The predicted molar refractivity (Wildman–Crippen MR) is 99.9 cm³/mol. The Kier molecular flexibility index (Phi) is 5.41. The van der Waals surface area contributed by atoms with Crippen molar-refractivity contribution in [2.75, 3.05) is 39.4 Å². The van der Waals surface area contributed by atoms with Gasteiger partial charge in [-0.3, -0.25) is 4.79 Å². The summed E-state index contributed by atoms with van der Waals surface area (Å²) in [6.07, 6.45) is 1.71. The topological polar surface area (TPSA) is 71.1 Å². The third kappa shape index (κ3) is 4.30. The number of ether oxygens (including phenoxy) is 2. The maximum absolute atomic E-state index is 12.9. The zero-order chi connectivity index (χ0) is 18.8. The molecule has 1 N–H and O–H groups in total. The average Bonchev–Trinajstić information content (AvgIpc) is 3.15. The third-order valence-corrected chi connectivity index (χ3v) is 5.70. The molecule has 4 rings (SSSR count). The summed E-state index contributed by atoms with van der Waals surface area (Å²) >= 11 is 5.88. The fourth-order valence-electron chi connectivity index (χ4n) is 3.96. The molecule has 3 heterocycles. The van der Waals surface area contributed by atoms with E-state index in [2.05, 4.69) is 5.32 Å². The molecule has 3 fully saturated rings. The molecule has 7 nitrogen and oxygen atoms in total. The molecule has 1 aromatic rings. The van der Waals surface area contributed by atoms with Crippen molar-refractivity contribution in [2.24, 2.45) is 5.92 Å². The number of hydrogen-bond acceptors (Lipinski definition) is 4. The first-order chi connectivity index (χ1) is 13.1. The normalized spacial score (nSPS) is 27.9. The molecule has 3 atom stereocenters. The van der Waals surface area contributed by atoms with Gasteiger partial charge in [0.15, 0.2) is 0 Å². The van der Waals surface area contributed by atoms with E-state index in [-0.39, 0.29) is 30.7 Å². The summed E-state index contributed by atoms with van der Waals surface area (Å²) in [5.74, 6) is 1.00. The summed E-state index contributed by atoms with van der Waals surface area (Å²) in [6.45, 7) is 3.31. The number of amides is 3. The highest BCUT2D eigenvalue weighted by Crippen LogP contribution is 2.23. The highest BCUT2D eigenvalue weighted by atomic mass is 35.5. The molecule has 1 aromatic carbocycles. The average molecular weight is 394 g/mol. The van der Waals surface area contributed by atoms with Gasteiger partial charge >= 0.3 is 6.03 Å². The van der Waals surface area contributed by atoms with Crippen LogP contribution in [0.4, 0.5) is 4.79 Å². The third-order valence-electron chi connectivity index (χ3n) is 5.45. The van der Waals surface area contributed by atoms with Gasteiger partial charge in [-0.1, -0.05) is 11.6 Å². The Bertz CT molecular complexity index is 699. The summed E-state index contributed by atoms with van der Waals surface area (Å²) in [4.78, 5) is 28.1. The molecular formula is C19H24ClN3O4. The number of hydrogen-bond donors (Lipinski definition) is 1. The lowest BCUT2D eigenvalue weighted by Crippen LogP contribution is -2.62. The van der Waals surface area contributed by atoms with Gasteiger partial charge in [0.05, 0.1) is 18.8 Å². The SMILES string of the molecule is O=C1COC2CCN(C(=O)N3CCC(COc4ccc(Cl)cc4)C3)CC2N1. The van der Waals surface area contributed by atoms with E-state index in [1.165, 1.54) is 0 Å². The van der Waals surface area contributed by atoms with Crippen LogP contribution in [0.1, 0.15) is 12.8 Å². The van der Waals surface area contributed by atoms with Crippen LogP contribution in [-0.2, 0) is 9.53 Å². The van der Waals surface area contributed by atoms with E-state index in [0.717, 1.165) is 25.1 Å². The Balaban J connectivity index is 1.26. The Hall–Kier alpha value is -1.99. The monoisotopic (exact) mass is 393 g/mol. The molecule has 0 aliphatic carbocycles. The molecule has 0 saturated carbocycles. The van der Waals surface area contributed by atoms with Gasteiger partial charge < -0.3 is 24.6 Å². The van der Waals surface area contributed by atoms with Crippen LogP contribution in [0.3, 0.4) is 0 Å². The van der Waals surface area contributed by atoms with Crippen LogP contribution < -0.4 is 10.1 Å². The molecule has 146 valence electrons. The van der Waals surface area contributed by atoms with Crippen molar-refractivity contribution in [1.82, 2.24) is 15.1 Å². The second-order valence-electron chi connectivity index (χ2n) is 7.41. The van der Waals surface area contributed by atoms with E-state index in [1.54, 1.807) is 12.1 Å². The Labute approximate surface area is 163 Å². The van der Waals surface area contributed by atoms with Crippen molar-refractivity contribution in [3.63, 3.8) is 0 Å². The number of urea groups is 1. The minimum absolute atomic E-state index is 0.0193. The zero-order valence-electron chi connectivity index (χ0n) is 15.1. The molecule has 8 heteroatoms. The van der Waals surface area contributed by atoms with E-state index in [9.17, 15) is 9.59 Å². The summed E-state index contributed by atoms with van der Waals surface area (Å²) in [5, 5.41) is 3.62. The fourth-order valence-corrected chi connectivity index (χ4v) is 4.09. The first-order valence-electron chi connectivity index (χ1n) is 9.41. The van der Waals surface area contributed by atoms with E-state index >= 15 is 0 Å². The number of likely N-dealkylation sites (tertiary alicyclic amines) is 2. The van der Waals surface area contributed by atoms with Crippen LogP contribution in [-0.4, -0.2) is 73.3 Å². The molecule has 27 heavy (non-hydrogen) atoms. The van der Waals surface area contributed by atoms with Gasteiger partial charge in [0, 0.05) is 37.1 Å². The number of carbonyl (C=O) groups is 2. The Morgan fingerprint density at radius 3 is 2.74 bits per heavy atom. The Morgan fingerprint density at radius 2 is 1.93 bits per heavy atom. The zero-order valence-corrected chi connectivity index (χ0v) is 15.9. The van der Waals surface area contributed by atoms with Crippen molar-refractivity contribution in [2.45, 2.75) is 25.0 Å². The largest absolute Gasteiger partial charge is 0.493 e. The minimum Gasteiger partial charge on any atom is -0.493 e. The number of benzene rings is 1. The summed E-state index contributed by atoms with van der Waals surface area (Å²) in [5.41, 5.74) is 0. The minimum atomic E-state index is -0.105. The number of fused-ring (bicyclic) bond motifs is 1. The molecule has 3 aliphatic rings. The molecule has 3 unspecified atom stereocenters. The highest BCUT2D eigenvalue weighted by Gasteiger charge is 2.38. The van der Waals surface area contributed by atoms with Crippen molar-refractivity contribution in [1.29, 1.82) is 0 Å². The van der Waals surface area contributed by atoms with Crippen molar-refractivity contribution in [3.8, 4) is 5.75 Å². The van der Waals surface area contributed by atoms with E-state index in [0.29, 0.717) is 37.2 Å². The lowest BCUT2D eigenvalue weighted by molar-refractivity contribution is -0.139. The molecule has 3 aliphatic heterocycles. The number of rotatable bonds is 3. The van der Waals surface area contributed by atoms with Crippen LogP contribution in [0.15, 0.2) is 24.3 Å². The van der Waals surface area contributed by atoms with Gasteiger partial charge in [-0.15, -0.1) is 0 Å². The van der Waals surface area contributed by atoms with Gasteiger partial charge in [-0.05, 0) is 37.1 Å². The van der Waals surface area contributed by atoms with Crippen LogP contribution in [0, 0.1) is 5.92 Å². The van der Waals surface area contributed by atoms with Crippen LogP contribution in [0.25, 0.3) is 0 Å². The first kappa shape index (κ1) is 18.4. The van der Waals surface area contributed by atoms with E-state index in [1.807, 2.05) is 21.9 Å². The maximum Gasteiger partial charge on any atom is 0.320 e. The van der Waals surface area contributed by atoms with Gasteiger partial charge in [-0.2, -0.15) is 0 Å². The lowest BCUT2D eigenvalue weighted by atomic mass is 10.0. The van der Waals surface area contributed by atoms with Gasteiger partial charge in [0.25, 0.3) is 0 Å². The molecule has 0 radical (unpaired) electrons. The van der Waals surface area contributed by atoms with Gasteiger partial charge in [-0.25, -0.2) is 4.79 Å². The van der Waals surface area contributed by atoms with Crippen LogP contribution in [0.2, 0.25) is 5.02 Å². The molecule has 3 amide bonds. The number of carbonyl (C=O) groups excluding carboxylic acids is 2. The van der Waals surface area contributed by atoms with Crippen molar-refractivity contribution >= 4 is 23.5 Å². The number of nitrogens with one attached hydrogen (secondary N) is 1. The molecular weight excluding hydrogens is 370 g/mol. The lowest BCUT2D eigenvalue weighted by Gasteiger charge is -2.42. The predicted octanol–water partition coefficient (Wildman–Crippen LogP) is 1.75. The smallest absolute Gasteiger partial charge is 0.320 e. The summed E-state index contributed by atoms with van der Waals surface area (Å²) < 4.78 is 11.4. The van der Waals surface area contributed by atoms with Gasteiger partial charge in [0.2, 0.25) is 5.91 Å². The van der Waals surface area contributed by atoms with E-state index in [4.69, 9.17) is 21.1 Å². The second-order valence-corrected chi connectivity index (χ2v) is 7.84. The number of halogens is 1. The van der Waals surface area contributed by atoms with Crippen LogP contribution >= 0.6 is 11.6 Å². The summed E-state index contributed by atoms with van der Waals surface area (Å²) in [7, 11) is 0. The van der Waals surface area contributed by atoms with Crippen LogP contribution in [0.5, 0.6) is 5.75 Å². The quantitative estimate of drug-likeness (QED) is 0.849. The standard InChI is InChI=1S/C19H24ClN3O4/c20-14-1-3-15(4-2-14)26-11-13-5-7-22(9-13)19(25)23-8-6-17-16(10-23)21-18(24)12-27-17/h1-4,13,16-17H,5-12H2,(H,21,24). The molecule has 0 bridgehead atoms. The number of nitrogens with zero attached hydrogens (tertiary/aromatic N) is 2. The highest BCUT2D eigenvalue weighted by molar-refractivity contribution is 6.30. The number of morpholine rings is 1. The molecule has 0 spiro atoms. The fraction of sp³-hybridized carbons (Fsp3) is 0.579. The van der Waals surface area contributed by atoms with Gasteiger partial charge in [0.1, 0.15) is 12.4 Å². The molecule has 0 aromatic heterocycles. The molecule has 3 saturated heterocycles. The maximum atomic E-state index is 12.9.